The lowest BCUT2D eigenvalue weighted by Gasteiger charge is -2.28. The minimum atomic E-state index is -0.883. The zero-order valence-electron chi connectivity index (χ0n) is 18.4. The van der Waals surface area contributed by atoms with Gasteiger partial charge >= 0.3 is 0 Å². The number of hydrogen-bond acceptors (Lipinski definition) is 6. The van der Waals surface area contributed by atoms with E-state index in [1.54, 1.807) is 49.4 Å². The molecular formula is C25H20Cl2N4O3. The predicted molar refractivity (Wildman–Crippen MR) is 131 cm³/mol. The molecule has 1 atom stereocenters. The number of nitrogens with one attached hydrogen (secondary N) is 1. The highest BCUT2D eigenvalue weighted by molar-refractivity contribution is 6.31. The van der Waals surface area contributed by atoms with Gasteiger partial charge in [0, 0.05) is 21.7 Å². The summed E-state index contributed by atoms with van der Waals surface area (Å²) in [4.78, 5) is 17.9. The molecule has 2 aromatic carbocycles. The standard InChI is InChI=1S/C25H20Cl2N4O3/c1-3-33-17-8-9-20-14(10-17)11-18(23(27)31-20)22-19(12-28)24(29)34-13(2)21(22)25(32)30-16-6-4-15(26)5-7-16/h4-11,22H,3,29H2,1-2H3,(H,30,32). The minimum absolute atomic E-state index is 0.0656. The Morgan fingerprint density at radius 1 is 1.24 bits per heavy atom. The third-order valence-electron chi connectivity index (χ3n) is 5.34. The monoisotopic (exact) mass is 494 g/mol. The van der Waals surface area contributed by atoms with Gasteiger partial charge in [-0.1, -0.05) is 23.2 Å². The molecule has 2 heterocycles. The van der Waals surface area contributed by atoms with E-state index in [9.17, 15) is 10.1 Å². The largest absolute Gasteiger partial charge is 0.494 e. The van der Waals surface area contributed by atoms with Gasteiger partial charge in [0.15, 0.2) is 0 Å². The summed E-state index contributed by atoms with van der Waals surface area (Å²) in [6.07, 6.45) is 0. The van der Waals surface area contributed by atoms with E-state index in [4.69, 9.17) is 38.4 Å². The molecule has 1 aliphatic rings. The first-order chi connectivity index (χ1) is 16.3. The van der Waals surface area contributed by atoms with Crippen LogP contribution in [0.25, 0.3) is 10.9 Å². The van der Waals surface area contributed by atoms with Crippen LogP contribution in [-0.2, 0) is 9.53 Å². The summed E-state index contributed by atoms with van der Waals surface area (Å²) in [5.74, 6) is -0.519. The van der Waals surface area contributed by atoms with Crippen molar-refractivity contribution in [1.82, 2.24) is 4.98 Å². The van der Waals surface area contributed by atoms with Gasteiger partial charge < -0.3 is 20.5 Å². The van der Waals surface area contributed by atoms with Gasteiger partial charge in [0.1, 0.15) is 28.3 Å². The number of hydrogen-bond donors (Lipinski definition) is 2. The average Bonchev–Trinajstić information content (AvgIpc) is 2.80. The number of carbonyl (C=O) groups excluding carboxylic acids is 1. The van der Waals surface area contributed by atoms with Gasteiger partial charge in [-0.25, -0.2) is 4.98 Å². The molecule has 9 heteroatoms. The highest BCUT2D eigenvalue weighted by Crippen LogP contribution is 2.42. The van der Waals surface area contributed by atoms with Crippen LogP contribution in [0.4, 0.5) is 5.69 Å². The van der Waals surface area contributed by atoms with Gasteiger partial charge in [0.2, 0.25) is 5.88 Å². The fourth-order valence-electron chi connectivity index (χ4n) is 3.82. The van der Waals surface area contributed by atoms with Gasteiger partial charge in [-0.15, -0.1) is 0 Å². The van der Waals surface area contributed by atoms with Crippen molar-refractivity contribution in [2.45, 2.75) is 19.8 Å². The number of aromatic nitrogens is 1. The second-order valence-corrected chi connectivity index (χ2v) is 8.31. The Morgan fingerprint density at radius 2 is 1.97 bits per heavy atom. The van der Waals surface area contributed by atoms with Crippen molar-refractivity contribution >= 4 is 45.7 Å². The van der Waals surface area contributed by atoms with Crippen LogP contribution in [0.1, 0.15) is 25.3 Å². The first-order valence-corrected chi connectivity index (χ1v) is 11.2. The van der Waals surface area contributed by atoms with E-state index in [0.717, 1.165) is 5.39 Å². The van der Waals surface area contributed by atoms with Crippen molar-refractivity contribution < 1.29 is 14.3 Å². The Bertz CT molecular complexity index is 1390. The SMILES string of the molecule is CCOc1ccc2nc(Cl)c(C3C(C#N)=C(N)OC(C)=C3C(=O)Nc3ccc(Cl)cc3)cc2c1. The second kappa shape index (κ2) is 9.64. The number of fused-ring (bicyclic) bond motifs is 1. The minimum Gasteiger partial charge on any atom is -0.494 e. The molecule has 1 aliphatic heterocycles. The number of amides is 1. The molecule has 0 spiro atoms. The molecule has 3 aromatic rings. The van der Waals surface area contributed by atoms with Crippen molar-refractivity contribution in [3.05, 3.63) is 87.1 Å². The van der Waals surface area contributed by atoms with Crippen molar-refractivity contribution in [2.75, 3.05) is 11.9 Å². The molecule has 0 radical (unpaired) electrons. The zero-order chi connectivity index (χ0) is 24.4. The Labute approximate surface area is 206 Å². The normalized spacial score (nSPS) is 15.7. The first-order valence-electron chi connectivity index (χ1n) is 10.4. The number of anilines is 1. The summed E-state index contributed by atoms with van der Waals surface area (Å²) < 4.78 is 11.2. The van der Waals surface area contributed by atoms with E-state index in [2.05, 4.69) is 16.4 Å². The van der Waals surface area contributed by atoms with E-state index in [1.165, 1.54) is 0 Å². The molecule has 0 bridgehead atoms. The lowest BCUT2D eigenvalue weighted by molar-refractivity contribution is -0.113. The molecule has 34 heavy (non-hydrogen) atoms. The summed E-state index contributed by atoms with van der Waals surface area (Å²) in [5.41, 5.74) is 7.92. The number of rotatable bonds is 5. The van der Waals surface area contributed by atoms with Crippen LogP contribution in [0.15, 0.2) is 71.3 Å². The van der Waals surface area contributed by atoms with E-state index < -0.39 is 11.8 Å². The molecule has 4 rings (SSSR count). The van der Waals surface area contributed by atoms with Crippen molar-refractivity contribution in [2.24, 2.45) is 5.73 Å². The van der Waals surface area contributed by atoms with Crippen molar-refractivity contribution in [3.8, 4) is 11.8 Å². The molecule has 172 valence electrons. The quantitative estimate of drug-likeness (QED) is 0.442. The first kappa shape index (κ1) is 23.4. The second-order valence-electron chi connectivity index (χ2n) is 7.51. The van der Waals surface area contributed by atoms with Crippen LogP contribution in [0, 0.1) is 11.3 Å². The number of allylic oxidation sites excluding steroid dienone is 2. The number of nitrogens with zero attached hydrogens (tertiary/aromatic N) is 2. The topological polar surface area (TPSA) is 110 Å². The zero-order valence-corrected chi connectivity index (χ0v) is 19.9. The lowest BCUT2D eigenvalue weighted by Crippen LogP contribution is -2.28. The van der Waals surface area contributed by atoms with Gasteiger partial charge in [-0.3, -0.25) is 4.79 Å². The maximum Gasteiger partial charge on any atom is 0.255 e. The number of halogens is 2. The van der Waals surface area contributed by atoms with Gasteiger partial charge in [-0.05, 0) is 62.4 Å². The predicted octanol–water partition coefficient (Wildman–Crippen LogP) is 5.66. The van der Waals surface area contributed by atoms with Gasteiger partial charge in [0.25, 0.3) is 5.91 Å². The van der Waals surface area contributed by atoms with Crippen LogP contribution in [0.2, 0.25) is 10.2 Å². The number of pyridine rings is 1. The maximum atomic E-state index is 13.4. The highest BCUT2D eigenvalue weighted by atomic mass is 35.5. The highest BCUT2D eigenvalue weighted by Gasteiger charge is 2.37. The third-order valence-corrected chi connectivity index (χ3v) is 5.90. The Morgan fingerprint density at radius 3 is 2.65 bits per heavy atom. The molecule has 0 aliphatic carbocycles. The molecule has 1 aromatic heterocycles. The average molecular weight is 495 g/mol. The summed E-state index contributed by atoms with van der Waals surface area (Å²) in [6.45, 7) is 4.01. The number of carbonyl (C=O) groups is 1. The Kier molecular flexibility index (Phi) is 6.64. The van der Waals surface area contributed by atoms with Crippen LogP contribution in [0.3, 0.4) is 0 Å². The lowest BCUT2D eigenvalue weighted by atomic mass is 9.83. The number of ether oxygens (including phenoxy) is 2. The molecule has 7 nitrogen and oxygen atoms in total. The molecule has 0 saturated heterocycles. The van der Waals surface area contributed by atoms with E-state index >= 15 is 0 Å². The third kappa shape index (κ3) is 4.51. The Balaban J connectivity index is 1.84. The molecule has 1 unspecified atom stereocenters. The number of nitriles is 1. The van der Waals surface area contributed by atoms with Gasteiger partial charge in [-0.2, -0.15) is 5.26 Å². The molecule has 0 saturated carbocycles. The number of benzene rings is 2. The summed E-state index contributed by atoms with van der Waals surface area (Å²) in [7, 11) is 0. The van der Waals surface area contributed by atoms with Crippen LogP contribution < -0.4 is 15.8 Å². The van der Waals surface area contributed by atoms with E-state index in [-0.39, 0.29) is 27.9 Å². The molecular weight excluding hydrogens is 475 g/mol. The van der Waals surface area contributed by atoms with Crippen LogP contribution in [-0.4, -0.2) is 17.5 Å². The molecule has 3 N–H and O–H groups in total. The fraction of sp³-hybridized carbons (Fsp3) is 0.160. The summed E-state index contributed by atoms with van der Waals surface area (Å²) in [6, 6.07) is 15.9. The van der Waals surface area contributed by atoms with Crippen LogP contribution in [0.5, 0.6) is 5.75 Å². The fourth-order valence-corrected chi connectivity index (χ4v) is 4.21. The molecule has 0 fully saturated rings. The Hall–Kier alpha value is -3.73. The molecule has 1 amide bonds. The summed E-state index contributed by atoms with van der Waals surface area (Å²) in [5, 5.41) is 14.1. The smallest absolute Gasteiger partial charge is 0.255 e. The van der Waals surface area contributed by atoms with Crippen molar-refractivity contribution in [1.29, 1.82) is 5.26 Å². The number of nitrogens with two attached hydrogens (primary N) is 1. The van der Waals surface area contributed by atoms with Gasteiger partial charge in [0.05, 0.1) is 23.6 Å². The van der Waals surface area contributed by atoms with E-state index in [0.29, 0.717) is 34.1 Å². The van der Waals surface area contributed by atoms with E-state index in [1.807, 2.05) is 13.0 Å². The maximum absolute atomic E-state index is 13.4. The van der Waals surface area contributed by atoms with Crippen LogP contribution >= 0.6 is 23.2 Å². The summed E-state index contributed by atoms with van der Waals surface area (Å²) >= 11 is 12.5. The van der Waals surface area contributed by atoms with Crippen molar-refractivity contribution in [3.63, 3.8) is 0 Å².